The summed E-state index contributed by atoms with van der Waals surface area (Å²) in [5.74, 6) is 1.60. The molecule has 1 aromatic heterocycles. The van der Waals surface area contributed by atoms with E-state index < -0.39 is 0 Å². The molecule has 2 nitrogen and oxygen atoms in total. The van der Waals surface area contributed by atoms with Crippen LogP contribution < -0.4 is 5.73 Å². The van der Waals surface area contributed by atoms with Gasteiger partial charge in [-0.3, -0.25) is 0 Å². The van der Waals surface area contributed by atoms with Crippen molar-refractivity contribution >= 4 is 11.3 Å². The van der Waals surface area contributed by atoms with E-state index >= 15 is 0 Å². The molecule has 0 amide bonds. The van der Waals surface area contributed by atoms with Gasteiger partial charge in [0, 0.05) is 11.3 Å². The average Bonchev–Trinajstić information content (AvgIpc) is 2.66. The summed E-state index contributed by atoms with van der Waals surface area (Å²) in [7, 11) is 0. The zero-order valence-electron chi connectivity index (χ0n) is 8.49. The van der Waals surface area contributed by atoms with Gasteiger partial charge < -0.3 is 5.73 Å². The van der Waals surface area contributed by atoms with Crippen molar-refractivity contribution in [3.63, 3.8) is 0 Å². The average molecular weight is 208 g/mol. The third-order valence-electron chi connectivity index (χ3n) is 3.70. The molecule has 0 aromatic carbocycles. The van der Waals surface area contributed by atoms with Crippen LogP contribution in [0.1, 0.15) is 49.2 Å². The van der Waals surface area contributed by atoms with Crippen LogP contribution in [0.2, 0.25) is 0 Å². The Hall–Kier alpha value is -0.410. The van der Waals surface area contributed by atoms with Crippen molar-refractivity contribution in [1.29, 1.82) is 0 Å². The lowest BCUT2D eigenvalue weighted by Crippen LogP contribution is -2.43. The fraction of sp³-hybridized carbons (Fsp3) is 0.727. The summed E-state index contributed by atoms with van der Waals surface area (Å²) in [5, 5.41) is 3.50. The summed E-state index contributed by atoms with van der Waals surface area (Å²) >= 11 is 1.81. The molecule has 0 bridgehead atoms. The Labute approximate surface area is 88.5 Å². The maximum atomic E-state index is 6.24. The zero-order valence-corrected chi connectivity index (χ0v) is 9.31. The first kappa shape index (κ1) is 8.86. The maximum Gasteiger partial charge on any atom is 0.0962 e. The Morgan fingerprint density at radius 3 is 2.79 bits per heavy atom. The van der Waals surface area contributed by atoms with Crippen LogP contribution in [0.5, 0.6) is 0 Å². The summed E-state index contributed by atoms with van der Waals surface area (Å²) in [4.78, 5) is 4.71. The van der Waals surface area contributed by atoms with Gasteiger partial charge in [-0.05, 0) is 31.6 Å². The fourth-order valence-electron chi connectivity index (χ4n) is 2.17. The first-order chi connectivity index (χ1) is 6.69. The smallest absolute Gasteiger partial charge is 0.0962 e. The van der Waals surface area contributed by atoms with E-state index in [0.717, 1.165) is 30.4 Å². The Balaban J connectivity index is 1.83. The Bertz CT molecular complexity index is 354. The predicted molar refractivity (Wildman–Crippen MR) is 58.4 cm³/mol. The monoisotopic (exact) mass is 208 g/mol. The van der Waals surface area contributed by atoms with E-state index in [-0.39, 0.29) is 5.54 Å². The third-order valence-corrected chi connectivity index (χ3v) is 4.68. The molecule has 2 unspecified atom stereocenters. The molecule has 2 aliphatic rings. The molecule has 3 heteroatoms. The van der Waals surface area contributed by atoms with Gasteiger partial charge in [0.2, 0.25) is 0 Å². The molecule has 0 spiro atoms. The van der Waals surface area contributed by atoms with Gasteiger partial charge in [-0.25, -0.2) is 4.98 Å². The van der Waals surface area contributed by atoms with Crippen molar-refractivity contribution in [3.05, 3.63) is 16.1 Å². The molecule has 2 aliphatic carbocycles. The highest BCUT2D eigenvalue weighted by Crippen LogP contribution is 2.49. The maximum absolute atomic E-state index is 6.24. The van der Waals surface area contributed by atoms with Crippen LogP contribution in [0.25, 0.3) is 0 Å². The van der Waals surface area contributed by atoms with Crippen molar-refractivity contribution in [2.45, 2.75) is 44.1 Å². The standard InChI is InChI=1S/C11H16N2S/c1-7-5-8(7)10-13-9(6-14-10)11(12)3-2-4-11/h6-8H,2-5,12H2,1H3. The molecule has 3 rings (SSSR count). The lowest BCUT2D eigenvalue weighted by Gasteiger charge is -2.36. The minimum Gasteiger partial charge on any atom is -0.320 e. The molecule has 76 valence electrons. The number of hydrogen-bond acceptors (Lipinski definition) is 3. The molecule has 2 saturated carbocycles. The first-order valence-corrected chi connectivity index (χ1v) is 6.32. The van der Waals surface area contributed by atoms with Crippen LogP contribution in [-0.2, 0) is 5.54 Å². The number of thiazole rings is 1. The first-order valence-electron chi connectivity index (χ1n) is 5.44. The molecule has 2 N–H and O–H groups in total. The molecule has 1 aromatic rings. The van der Waals surface area contributed by atoms with Gasteiger partial charge in [-0.1, -0.05) is 6.92 Å². The normalized spacial score (nSPS) is 33.9. The highest BCUT2D eigenvalue weighted by atomic mass is 32.1. The lowest BCUT2D eigenvalue weighted by molar-refractivity contribution is 0.247. The molecule has 2 fully saturated rings. The summed E-state index contributed by atoms with van der Waals surface area (Å²) < 4.78 is 0. The zero-order chi connectivity index (χ0) is 9.76. The predicted octanol–water partition coefficient (Wildman–Crippen LogP) is 2.60. The topological polar surface area (TPSA) is 38.9 Å². The quantitative estimate of drug-likeness (QED) is 0.811. The van der Waals surface area contributed by atoms with Crippen molar-refractivity contribution < 1.29 is 0 Å². The molecular weight excluding hydrogens is 192 g/mol. The molecule has 0 saturated heterocycles. The van der Waals surface area contributed by atoms with Crippen molar-refractivity contribution in [2.75, 3.05) is 0 Å². The van der Waals surface area contributed by atoms with Crippen molar-refractivity contribution in [1.82, 2.24) is 4.98 Å². The van der Waals surface area contributed by atoms with Gasteiger partial charge in [0.25, 0.3) is 0 Å². The summed E-state index contributed by atoms with van der Waals surface area (Å²) in [6.45, 7) is 2.30. The van der Waals surface area contributed by atoms with Crippen LogP contribution in [0.15, 0.2) is 5.38 Å². The van der Waals surface area contributed by atoms with E-state index in [1.54, 1.807) is 0 Å². The lowest BCUT2D eigenvalue weighted by atomic mass is 9.76. The molecule has 14 heavy (non-hydrogen) atoms. The van der Waals surface area contributed by atoms with Crippen LogP contribution in [0.4, 0.5) is 0 Å². The number of hydrogen-bond donors (Lipinski definition) is 1. The summed E-state index contributed by atoms with van der Waals surface area (Å²) in [5.41, 5.74) is 7.33. The number of nitrogens with zero attached hydrogens (tertiary/aromatic N) is 1. The Morgan fingerprint density at radius 2 is 2.29 bits per heavy atom. The van der Waals surface area contributed by atoms with Crippen LogP contribution in [0.3, 0.4) is 0 Å². The van der Waals surface area contributed by atoms with Gasteiger partial charge in [0.15, 0.2) is 0 Å². The second-order valence-corrected chi connectivity index (χ2v) is 5.79. The minimum atomic E-state index is -0.0626. The second kappa shape index (κ2) is 2.80. The summed E-state index contributed by atoms with van der Waals surface area (Å²) in [6.07, 6.45) is 4.83. The van der Waals surface area contributed by atoms with E-state index in [4.69, 9.17) is 10.7 Å². The number of rotatable bonds is 2. The van der Waals surface area contributed by atoms with E-state index in [2.05, 4.69) is 12.3 Å². The van der Waals surface area contributed by atoms with E-state index in [0.29, 0.717) is 0 Å². The highest BCUT2D eigenvalue weighted by Gasteiger charge is 2.40. The van der Waals surface area contributed by atoms with Crippen LogP contribution >= 0.6 is 11.3 Å². The van der Waals surface area contributed by atoms with Crippen LogP contribution in [0, 0.1) is 5.92 Å². The largest absolute Gasteiger partial charge is 0.320 e. The molecule has 2 atom stereocenters. The van der Waals surface area contributed by atoms with Crippen molar-refractivity contribution in [2.24, 2.45) is 11.7 Å². The second-order valence-electron chi connectivity index (χ2n) is 4.90. The molecule has 0 radical (unpaired) electrons. The molecule has 0 aliphatic heterocycles. The van der Waals surface area contributed by atoms with Crippen LogP contribution in [-0.4, -0.2) is 4.98 Å². The Morgan fingerprint density at radius 1 is 1.57 bits per heavy atom. The molecule has 1 heterocycles. The third kappa shape index (κ3) is 1.22. The van der Waals surface area contributed by atoms with E-state index in [1.165, 1.54) is 17.8 Å². The van der Waals surface area contributed by atoms with Gasteiger partial charge >= 0.3 is 0 Å². The summed E-state index contributed by atoms with van der Waals surface area (Å²) in [6, 6.07) is 0. The van der Waals surface area contributed by atoms with Gasteiger partial charge in [-0.15, -0.1) is 11.3 Å². The fourth-order valence-corrected chi connectivity index (χ4v) is 3.34. The highest BCUT2D eigenvalue weighted by molar-refractivity contribution is 7.09. The van der Waals surface area contributed by atoms with Gasteiger partial charge in [-0.2, -0.15) is 0 Å². The van der Waals surface area contributed by atoms with E-state index in [1.807, 2.05) is 11.3 Å². The number of aromatic nitrogens is 1. The SMILES string of the molecule is CC1CC1c1nc(C2(N)CCC2)cs1. The Kier molecular flexibility index (Phi) is 1.77. The van der Waals surface area contributed by atoms with E-state index in [9.17, 15) is 0 Å². The van der Waals surface area contributed by atoms with Crippen molar-refractivity contribution in [3.8, 4) is 0 Å². The van der Waals surface area contributed by atoms with Gasteiger partial charge in [0.05, 0.1) is 16.2 Å². The number of nitrogens with two attached hydrogens (primary N) is 1. The minimum absolute atomic E-state index is 0.0626. The van der Waals surface area contributed by atoms with Gasteiger partial charge in [0.1, 0.15) is 0 Å². The molecular formula is C11H16N2S.